The second-order valence-electron chi connectivity index (χ2n) is 6.62. The fourth-order valence-electron chi connectivity index (χ4n) is 2.80. The van der Waals surface area contributed by atoms with E-state index < -0.39 is 0 Å². The Hall–Kier alpha value is -0.240. The van der Waals surface area contributed by atoms with Crippen LogP contribution >= 0.6 is 0 Å². The maximum absolute atomic E-state index is 3.42. The van der Waals surface area contributed by atoms with Crippen LogP contribution in [0.5, 0.6) is 0 Å². The first-order valence-corrected chi connectivity index (χ1v) is 10.2. The zero-order valence-corrected chi connectivity index (χ0v) is 15.7. The highest BCUT2D eigenvalue weighted by Crippen LogP contribution is 1.92. The molecule has 6 N–H and O–H groups in total. The van der Waals surface area contributed by atoms with Crippen LogP contribution in [0.25, 0.3) is 0 Å². The van der Waals surface area contributed by atoms with Gasteiger partial charge in [-0.2, -0.15) is 0 Å². The highest BCUT2D eigenvalue weighted by molar-refractivity contribution is 4.58. The van der Waals surface area contributed by atoms with Gasteiger partial charge in [-0.1, -0.05) is 6.42 Å². The SMILES string of the molecule is C1CCNCCNCCNCC1.C1CNCCCNCCCNC1. The summed E-state index contributed by atoms with van der Waals surface area (Å²) < 4.78 is 0. The van der Waals surface area contributed by atoms with Crippen LogP contribution in [0.1, 0.15) is 38.5 Å². The Balaban J connectivity index is 0.000000240. The van der Waals surface area contributed by atoms with Crippen LogP contribution < -0.4 is 31.9 Å². The Morgan fingerprint density at radius 3 is 0.833 bits per heavy atom. The first kappa shape index (κ1) is 21.8. The lowest BCUT2D eigenvalue weighted by Gasteiger charge is -2.10. The summed E-state index contributed by atoms with van der Waals surface area (Å²) in [6.07, 6.45) is 7.77. The molecule has 0 bridgehead atoms. The number of hydrogen-bond donors (Lipinski definition) is 6. The average Bonchev–Trinajstić information content (AvgIpc) is 2.56. The van der Waals surface area contributed by atoms with Gasteiger partial charge in [0.1, 0.15) is 0 Å². The topological polar surface area (TPSA) is 72.2 Å². The van der Waals surface area contributed by atoms with Crippen LogP contribution in [0.3, 0.4) is 0 Å². The quantitative estimate of drug-likeness (QED) is 0.369. The first-order chi connectivity index (χ1) is 12.0. The van der Waals surface area contributed by atoms with Gasteiger partial charge in [0.25, 0.3) is 0 Å². The summed E-state index contributed by atoms with van der Waals surface area (Å²) in [5, 5.41) is 20.5. The van der Waals surface area contributed by atoms with Gasteiger partial charge in [0, 0.05) is 26.2 Å². The van der Waals surface area contributed by atoms with E-state index in [9.17, 15) is 0 Å². The third kappa shape index (κ3) is 16.6. The minimum Gasteiger partial charge on any atom is -0.317 e. The first-order valence-electron chi connectivity index (χ1n) is 10.2. The minimum absolute atomic E-state index is 1.10. The van der Waals surface area contributed by atoms with Gasteiger partial charge in [-0.15, -0.1) is 0 Å². The molecule has 2 saturated heterocycles. The van der Waals surface area contributed by atoms with Crippen molar-refractivity contribution in [2.75, 3.05) is 78.5 Å². The Bertz CT molecular complexity index is 130. The Kier molecular flexibility index (Phi) is 17.3. The maximum Gasteiger partial charge on any atom is 0.00772 e. The molecule has 6 heteroatoms. The van der Waals surface area contributed by atoms with Crippen molar-refractivity contribution in [2.24, 2.45) is 0 Å². The van der Waals surface area contributed by atoms with Gasteiger partial charge in [0.2, 0.25) is 0 Å². The molecule has 0 aromatic carbocycles. The predicted molar refractivity (Wildman–Crippen MR) is 105 cm³/mol. The highest BCUT2D eigenvalue weighted by atomic mass is 15.0. The molecule has 0 atom stereocenters. The second-order valence-corrected chi connectivity index (χ2v) is 6.62. The molecule has 0 spiro atoms. The van der Waals surface area contributed by atoms with Crippen molar-refractivity contribution >= 4 is 0 Å². The smallest absolute Gasteiger partial charge is 0.00772 e. The monoisotopic (exact) mass is 342 g/mol. The van der Waals surface area contributed by atoms with E-state index in [4.69, 9.17) is 0 Å². The molecule has 0 aromatic rings. The van der Waals surface area contributed by atoms with Crippen molar-refractivity contribution in [3.63, 3.8) is 0 Å². The van der Waals surface area contributed by atoms with Crippen molar-refractivity contribution in [3.05, 3.63) is 0 Å². The van der Waals surface area contributed by atoms with E-state index in [-0.39, 0.29) is 0 Å². The minimum atomic E-state index is 1.10. The van der Waals surface area contributed by atoms with Gasteiger partial charge < -0.3 is 31.9 Å². The average molecular weight is 343 g/mol. The van der Waals surface area contributed by atoms with Crippen LogP contribution in [-0.4, -0.2) is 78.5 Å². The van der Waals surface area contributed by atoms with Gasteiger partial charge in [-0.25, -0.2) is 0 Å². The molecule has 144 valence electrons. The summed E-state index contributed by atoms with van der Waals surface area (Å²) in [7, 11) is 0. The molecule has 0 radical (unpaired) electrons. The van der Waals surface area contributed by atoms with E-state index >= 15 is 0 Å². The van der Waals surface area contributed by atoms with Gasteiger partial charge >= 0.3 is 0 Å². The molecule has 0 unspecified atom stereocenters. The summed E-state index contributed by atoms with van der Waals surface area (Å²) in [4.78, 5) is 0. The zero-order valence-electron chi connectivity index (χ0n) is 15.7. The maximum atomic E-state index is 3.42. The number of hydrogen-bond acceptors (Lipinski definition) is 6. The Labute approximate surface area is 149 Å². The molecular weight excluding hydrogens is 300 g/mol. The normalized spacial score (nSPS) is 24.0. The summed E-state index contributed by atoms with van der Waals surface area (Å²) in [5.74, 6) is 0. The number of nitrogens with one attached hydrogen (secondary N) is 6. The molecular formula is C18H42N6. The van der Waals surface area contributed by atoms with E-state index in [2.05, 4.69) is 31.9 Å². The molecule has 0 aromatic heterocycles. The van der Waals surface area contributed by atoms with E-state index in [1.165, 1.54) is 51.6 Å². The van der Waals surface area contributed by atoms with Gasteiger partial charge in [0.05, 0.1) is 0 Å². The largest absolute Gasteiger partial charge is 0.317 e. The van der Waals surface area contributed by atoms with Crippen molar-refractivity contribution in [2.45, 2.75) is 38.5 Å². The van der Waals surface area contributed by atoms with Crippen molar-refractivity contribution in [1.29, 1.82) is 0 Å². The van der Waals surface area contributed by atoms with Crippen LogP contribution in [-0.2, 0) is 0 Å². The molecule has 2 aliphatic rings. The number of rotatable bonds is 0. The van der Waals surface area contributed by atoms with Gasteiger partial charge in [-0.3, -0.25) is 0 Å². The summed E-state index contributed by atoms with van der Waals surface area (Å²) in [5.41, 5.74) is 0. The van der Waals surface area contributed by atoms with Crippen LogP contribution in [0, 0.1) is 0 Å². The van der Waals surface area contributed by atoms with Crippen LogP contribution in [0.2, 0.25) is 0 Å². The van der Waals surface area contributed by atoms with E-state index in [1.54, 1.807) is 0 Å². The summed E-state index contributed by atoms with van der Waals surface area (Å²) >= 11 is 0. The molecule has 2 fully saturated rings. The molecule has 2 heterocycles. The lowest BCUT2D eigenvalue weighted by atomic mass is 10.2. The fourth-order valence-corrected chi connectivity index (χ4v) is 2.80. The zero-order chi connectivity index (χ0) is 17.0. The molecule has 0 amide bonds. The van der Waals surface area contributed by atoms with Crippen molar-refractivity contribution < 1.29 is 0 Å². The van der Waals surface area contributed by atoms with Gasteiger partial charge in [-0.05, 0) is 84.5 Å². The predicted octanol–water partition coefficient (Wildman–Crippen LogP) is -0.122. The van der Waals surface area contributed by atoms with E-state index in [1.807, 2.05) is 0 Å². The lowest BCUT2D eigenvalue weighted by Crippen LogP contribution is -2.34. The lowest BCUT2D eigenvalue weighted by molar-refractivity contribution is 0.527. The molecule has 6 nitrogen and oxygen atoms in total. The standard InChI is InChI=1S/2C9H21N3/c1-4-10-6-2-8-12-9-3-7-11-5-1;1-2-4-10-6-8-12-9-7-11-5-3-1/h2*10-12H,1-9H2. The van der Waals surface area contributed by atoms with E-state index in [0.29, 0.717) is 0 Å². The third-order valence-electron chi connectivity index (χ3n) is 4.29. The molecule has 24 heavy (non-hydrogen) atoms. The second kappa shape index (κ2) is 19.1. The Morgan fingerprint density at radius 2 is 0.458 bits per heavy atom. The molecule has 2 rings (SSSR count). The van der Waals surface area contributed by atoms with Crippen LogP contribution in [0.4, 0.5) is 0 Å². The fraction of sp³-hybridized carbons (Fsp3) is 1.00. The molecule has 0 aliphatic carbocycles. The van der Waals surface area contributed by atoms with E-state index in [0.717, 1.165) is 65.4 Å². The third-order valence-corrected chi connectivity index (χ3v) is 4.29. The van der Waals surface area contributed by atoms with Crippen molar-refractivity contribution in [1.82, 2.24) is 31.9 Å². The van der Waals surface area contributed by atoms with Gasteiger partial charge in [0.15, 0.2) is 0 Å². The summed E-state index contributed by atoms with van der Waals surface area (Å²) in [6, 6.07) is 0. The summed E-state index contributed by atoms with van der Waals surface area (Å²) in [6.45, 7) is 13.7. The van der Waals surface area contributed by atoms with Crippen molar-refractivity contribution in [3.8, 4) is 0 Å². The molecule has 0 saturated carbocycles. The Morgan fingerprint density at radius 1 is 0.208 bits per heavy atom. The van der Waals surface area contributed by atoms with Crippen LogP contribution in [0.15, 0.2) is 0 Å². The highest BCUT2D eigenvalue weighted by Gasteiger charge is 1.94. The molecule has 2 aliphatic heterocycles.